The lowest BCUT2D eigenvalue weighted by Gasteiger charge is -2.33. The summed E-state index contributed by atoms with van der Waals surface area (Å²) in [6.45, 7) is 7.25. The maximum absolute atomic E-state index is 12.1. The van der Waals surface area contributed by atoms with Crippen LogP contribution in [0, 0.1) is 23.2 Å². The number of Topliss-reactive ketones (excluding diaryl/α,β-unsaturated/α-hetero) is 2. The van der Waals surface area contributed by atoms with Gasteiger partial charge in [-0.05, 0) is 50.9 Å². The highest BCUT2D eigenvalue weighted by molar-refractivity contribution is 5.84. The van der Waals surface area contributed by atoms with Crippen LogP contribution in [-0.4, -0.2) is 22.3 Å². The van der Waals surface area contributed by atoms with Crippen molar-refractivity contribution in [3.63, 3.8) is 0 Å². The van der Waals surface area contributed by atoms with Crippen molar-refractivity contribution in [2.75, 3.05) is 0 Å². The molecule has 4 unspecified atom stereocenters. The smallest absolute Gasteiger partial charge is 0.139 e. The van der Waals surface area contributed by atoms with Gasteiger partial charge in [0.2, 0.25) is 0 Å². The van der Waals surface area contributed by atoms with E-state index in [4.69, 9.17) is 0 Å². The summed E-state index contributed by atoms with van der Waals surface area (Å²) in [5.74, 6) is 1.22. The van der Waals surface area contributed by atoms with Crippen LogP contribution in [0.15, 0.2) is 0 Å². The molecule has 2 aliphatic rings. The molecular weight excluding hydrogens is 228 g/mol. The molecule has 0 aromatic rings. The van der Waals surface area contributed by atoms with Crippen molar-refractivity contribution in [1.82, 2.24) is 0 Å². The van der Waals surface area contributed by atoms with Crippen LogP contribution in [0.3, 0.4) is 0 Å². The summed E-state index contributed by atoms with van der Waals surface area (Å²) in [5.41, 5.74) is -0.805. The summed E-state index contributed by atoms with van der Waals surface area (Å²) < 4.78 is 0. The zero-order valence-corrected chi connectivity index (χ0v) is 11.8. The highest BCUT2D eigenvalue weighted by Gasteiger charge is 2.65. The van der Waals surface area contributed by atoms with Gasteiger partial charge in [0.15, 0.2) is 0 Å². The minimum absolute atomic E-state index is 0.105. The quantitative estimate of drug-likeness (QED) is 0.835. The molecule has 0 amide bonds. The molecule has 3 nitrogen and oxygen atoms in total. The van der Waals surface area contributed by atoms with E-state index in [1.54, 1.807) is 20.8 Å². The van der Waals surface area contributed by atoms with Gasteiger partial charge in [0.25, 0.3) is 0 Å². The predicted octanol–water partition coefficient (Wildman–Crippen LogP) is 2.36. The molecule has 0 aliphatic heterocycles. The number of ketones is 2. The third-order valence-corrected chi connectivity index (χ3v) is 5.16. The van der Waals surface area contributed by atoms with Gasteiger partial charge < -0.3 is 9.90 Å². The zero-order chi connectivity index (χ0) is 13.7. The first-order chi connectivity index (χ1) is 8.16. The minimum Gasteiger partial charge on any atom is -0.390 e. The van der Waals surface area contributed by atoms with Crippen LogP contribution in [0.5, 0.6) is 0 Å². The molecule has 0 aromatic carbocycles. The normalized spacial score (nSPS) is 39.4. The van der Waals surface area contributed by atoms with Crippen LogP contribution in [-0.2, 0) is 9.59 Å². The summed E-state index contributed by atoms with van der Waals surface area (Å²) in [6.07, 6.45) is 2.90. The molecule has 2 rings (SSSR count). The minimum atomic E-state index is -0.911. The van der Waals surface area contributed by atoms with Gasteiger partial charge >= 0.3 is 0 Å². The van der Waals surface area contributed by atoms with E-state index in [-0.39, 0.29) is 22.9 Å². The third kappa shape index (κ3) is 2.25. The predicted molar refractivity (Wildman–Crippen MR) is 69.0 cm³/mol. The van der Waals surface area contributed by atoms with Crippen LogP contribution in [0.25, 0.3) is 0 Å². The molecule has 0 spiro atoms. The van der Waals surface area contributed by atoms with E-state index >= 15 is 0 Å². The van der Waals surface area contributed by atoms with Crippen molar-refractivity contribution < 1.29 is 14.7 Å². The molecule has 0 heterocycles. The van der Waals surface area contributed by atoms with Crippen molar-refractivity contribution in [3.8, 4) is 0 Å². The summed E-state index contributed by atoms with van der Waals surface area (Å²) in [7, 11) is 0. The number of aliphatic hydroxyl groups is 1. The van der Waals surface area contributed by atoms with E-state index < -0.39 is 5.60 Å². The Kier molecular flexibility index (Phi) is 3.17. The highest BCUT2D eigenvalue weighted by Crippen LogP contribution is 2.68. The highest BCUT2D eigenvalue weighted by atomic mass is 16.3. The summed E-state index contributed by atoms with van der Waals surface area (Å²) in [4.78, 5) is 23.2. The second-order valence-corrected chi connectivity index (χ2v) is 7.04. The molecule has 1 N–H and O–H groups in total. The van der Waals surface area contributed by atoms with E-state index in [1.165, 1.54) is 0 Å². The Balaban J connectivity index is 2.03. The molecule has 102 valence electrons. The summed E-state index contributed by atoms with van der Waals surface area (Å²) in [6, 6.07) is 0. The topological polar surface area (TPSA) is 54.4 Å². The Labute approximate surface area is 109 Å². The Morgan fingerprint density at radius 1 is 1.50 bits per heavy atom. The monoisotopic (exact) mass is 252 g/mol. The van der Waals surface area contributed by atoms with E-state index in [0.717, 1.165) is 12.8 Å². The molecule has 0 bridgehead atoms. The maximum Gasteiger partial charge on any atom is 0.139 e. The van der Waals surface area contributed by atoms with Crippen LogP contribution in [0.2, 0.25) is 0 Å². The number of rotatable bonds is 4. The molecule has 0 radical (unpaired) electrons. The SMILES string of the molecule is CC(=O)CCC1C2CC(C(C)(C)O)C(=O)CC12C. The molecular formula is C15H24O3. The average molecular weight is 252 g/mol. The van der Waals surface area contributed by atoms with Crippen molar-refractivity contribution in [1.29, 1.82) is 0 Å². The number of carbonyl (C=O) groups excluding carboxylic acids is 2. The number of hydrogen-bond donors (Lipinski definition) is 1. The molecule has 0 aromatic heterocycles. The molecule has 2 aliphatic carbocycles. The Hall–Kier alpha value is -0.700. The van der Waals surface area contributed by atoms with Crippen molar-refractivity contribution >= 4 is 11.6 Å². The van der Waals surface area contributed by atoms with E-state index in [1.807, 2.05) is 0 Å². The summed E-state index contributed by atoms with van der Waals surface area (Å²) >= 11 is 0. The zero-order valence-electron chi connectivity index (χ0n) is 11.8. The van der Waals surface area contributed by atoms with Gasteiger partial charge in [-0.25, -0.2) is 0 Å². The molecule has 0 saturated heterocycles. The maximum atomic E-state index is 12.1. The molecule has 2 fully saturated rings. The second-order valence-electron chi connectivity index (χ2n) is 7.04. The lowest BCUT2D eigenvalue weighted by molar-refractivity contribution is -0.134. The summed E-state index contributed by atoms with van der Waals surface area (Å²) in [5, 5.41) is 10.1. The van der Waals surface area contributed by atoms with Gasteiger partial charge in [0.1, 0.15) is 11.6 Å². The average Bonchev–Trinajstić information content (AvgIpc) is 2.75. The lowest BCUT2D eigenvalue weighted by Crippen LogP contribution is -2.40. The van der Waals surface area contributed by atoms with E-state index in [0.29, 0.717) is 24.7 Å². The van der Waals surface area contributed by atoms with Gasteiger partial charge in [0, 0.05) is 18.8 Å². The molecule has 2 saturated carbocycles. The fraction of sp³-hybridized carbons (Fsp3) is 0.867. The molecule has 3 heteroatoms. The number of fused-ring (bicyclic) bond motifs is 1. The largest absolute Gasteiger partial charge is 0.390 e. The third-order valence-electron chi connectivity index (χ3n) is 5.16. The fourth-order valence-electron chi connectivity index (χ4n) is 3.92. The van der Waals surface area contributed by atoms with Gasteiger partial charge in [0.05, 0.1) is 5.60 Å². The van der Waals surface area contributed by atoms with E-state index in [9.17, 15) is 14.7 Å². The van der Waals surface area contributed by atoms with Crippen molar-refractivity contribution in [2.24, 2.45) is 23.2 Å². The first kappa shape index (κ1) is 13.7. The fourth-order valence-corrected chi connectivity index (χ4v) is 3.92. The second kappa shape index (κ2) is 4.16. The first-order valence-electron chi connectivity index (χ1n) is 6.91. The van der Waals surface area contributed by atoms with Crippen LogP contribution >= 0.6 is 0 Å². The van der Waals surface area contributed by atoms with Crippen molar-refractivity contribution in [2.45, 2.75) is 59.0 Å². The number of hydrogen-bond acceptors (Lipinski definition) is 3. The molecule has 4 atom stereocenters. The Morgan fingerprint density at radius 3 is 2.61 bits per heavy atom. The van der Waals surface area contributed by atoms with Crippen LogP contribution in [0.4, 0.5) is 0 Å². The van der Waals surface area contributed by atoms with Crippen molar-refractivity contribution in [3.05, 3.63) is 0 Å². The lowest BCUT2D eigenvalue weighted by atomic mass is 9.74. The van der Waals surface area contributed by atoms with E-state index in [2.05, 4.69) is 6.92 Å². The molecule has 18 heavy (non-hydrogen) atoms. The van der Waals surface area contributed by atoms with Gasteiger partial charge in [-0.1, -0.05) is 6.92 Å². The number of carbonyl (C=O) groups is 2. The van der Waals surface area contributed by atoms with Crippen LogP contribution in [0.1, 0.15) is 53.4 Å². The standard InChI is InChI=1S/C15H24O3/c1-9(16)5-6-10-11-7-12(14(2,3)18)13(17)8-15(10,11)4/h10-12,18H,5-8H2,1-4H3. The first-order valence-corrected chi connectivity index (χ1v) is 6.91. The Morgan fingerprint density at radius 2 is 2.11 bits per heavy atom. The van der Waals surface area contributed by atoms with Gasteiger partial charge in [-0.2, -0.15) is 0 Å². The Bertz CT molecular complexity index is 380. The van der Waals surface area contributed by atoms with Gasteiger partial charge in [-0.3, -0.25) is 4.79 Å². The van der Waals surface area contributed by atoms with Crippen LogP contribution < -0.4 is 0 Å². The van der Waals surface area contributed by atoms with Gasteiger partial charge in [-0.15, -0.1) is 0 Å².